The number of hydrogen-bond acceptors (Lipinski definition) is 4. The van der Waals surface area contributed by atoms with Crippen LogP contribution in [0.3, 0.4) is 0 Å². The van der Waals surface area contributed by atoms with Crippen molar-refractivity contribution in [3.63, 3.8) is 0 Å². The molecule has 0 aliphatic rings. The molecule has 0 aromatic rings. The van der Waals surface area contributed by atoms with E-state index in [1.807, 2.05) is 26.8 Å². The van der Waals surface area contributed by atoms with Gasteiger partial charge in [0, 0.05) is 11.4 Å². The van der Waals surface area contributed by atoms with Gasteiger partial charge in [-0.1, -0.05) is 31.3 Å². The van der Waals surface area contributed by atoms with Crippen molar-refractivity contribution in [3.8, 4) is 0 Å². The lowest BCUT2D eigenvalue weighted by molar-refractivity contribution is 0.274. The van der Waals surface area contributed by atoms with Crippen LogP contribution < -0.4 is 5.09 Å². The zero-order valence-electron chi connectivity index (χ0n) is 11.2. The fraction of sp³-hybridized carbons (Fsp3) is 0.727. The van der Waals surface area contributed by atoms with Crippen LogP contribution in [0.15, 0.2) is 17.3 Å². The first kappa shape index (κ1) is 17.2. The van der Waals surface area contributed by atoms with Gasteiger partial charge in [0.15, 0.2) is 0 Å². The molecule has 0 heterocycles. The third-order valence-electron chi connectivity index (χ3n) is 1.77. The quantitative estimate of drug-likeness (QED) is 0.411. The molecule has 0 radical (unpaired) electrons. The molecule has 17 heavy (non-hydrogen) atoms. The van der Waals surface area contributed by atoms with Crippen molar-refractivity contribution < 1.29 is 4.52 Å². The van der Waals surface area contributed by atoms with E-state index in [9.17, 15) is 0 Å². The summed E-state index contributed by atoms with van der Waals surface area (Å²) < 4.78 is 5.85. The Morgan fingerprint density at radius 1 is 1.47 bits per heavy atom. The summed E-state index contributed by atoms with van der Waals surface area (Å²) in [5.74, 6) is 0. The summed E-state index contributed by atoms with van der Waals surface area (Å²) in [5.41, 5.74) is -2.07. The maximum Gasteiger partial charge on any atom is 0.211 e. The Labute approximate surface area is 114 Å². The Bertz CT molecular complexity index is 306. The zero-order valence-corrected chi connectivity index (χ0v) is 13.7. The van der Waals surface area contributed by atoms with Gasteiger partial charge in [0.05, 0.1) is 12.4 Å². The highest BCUT2D eigenvalue weighted by Gasteiger charge is 2.21. The number of aliphatic imine (C=N–C) groups is 1. The highest BCUT2D eigenvalue weighted by Crippen LogP contribution is 2.59. The number of nitrogens with one attached hydrogen (secondary N) is 1. The predicted molar refractivity (Wildman–Crippen MR) is 84.3 cm³/mol. The maximum absolute atomic E-state index is 5.85. The molecule has 2 unspecified atom stereocenters. The maximum atomic E-state index is 5.85. The highest BCUT2D eigenvalue weighted by atomic mass is 32.9. The molecule has 0 fully saturated rings. The van der Waals surface area contributed by atoms with Gasteiger partial charge in [0.25, 0.3) is 0 Å². The van der Waals surface area contributed by atoms with Crippen molar-refractivity contribution in [2.75, 3.05) is 0 Å². The third-order valence-corrected chi connectivity index (χ3v) is 7.71. The first-order chi connectivity index (χ1) is 7.93. The van der Waals surface area contributed by atoms with Gasteiger partial charge in [-0.05, 0) is 39.0 Å². The van der Waals surface area contributed by atoms with Crippen LogP contribution in [0.2, 0.25) is 0 Å². The molecular formula is C11H23N2OPS2. The fourth-order valence-corrected chi connectivity index (χ4v) is 7.30. The van der Waals surface area contributed by atoms with Crippen LogP contribution in [0.5, 0.6) is 0 Å². The molecule has 0 saturated heterocycles. The molecule has 0 saturated carbocycles. The van der Waals surface area contributed by atoms with E-state index in [1.165, 1.54) is 0 Å². The van der Waals surface area contributed by atoms with E-state index in [-0.39, 0.29) is 6.10 Å². The number of rotatable bonds is 8. The molecule has 0 amide bonds. The van der Waals surface area contributed by atoms with Crippen LogP contribution in [0, 0.1) is 0 Å². The van der Waals surface area contributed by atoms with Gasteiger partial charge in [-0.15, -0.1) is 0 Å². The molecule has 0 bridgehead atoms. The molecule has 0 aliphatic heterocycles. The Morgan fingerprint density at radius 3 is 2.59 bits per heavy atom. The molecule has 0 aromatic carbocycles. The Kier molecular flexibility index (Phi) is 9.24. The summed E-state index contributed by atoms with van der Waals surface area (Å²) in [6, 6.07) is 0. The lowest BCUT2D eigenvalue weighted by atomic mass is 10.4. The number of allylic oxidation sites excluding steroid dienone is 1. The van der Waals surface area contributed by atoms with Crippen LogP contribution in [0.1, 0.15) is 41.0 Å². The van der Waals surface area contributed by atoms with Gasteiger partial charge in [0.1, 0.15) is 0 Å². The molecule has 0 rings (SSSR count). The second-order valence-electron chi connectivity index (χ2n) is 3.87. The molecular weight excluding hydrogens is 271 g/mol. The van der Waals surface area contributed by atoms with Crippen LogP contribution in [0.25, 0.3) is 0 Å². The summed E-state index contributed by atoms with van der Waals surface area (Å²) in [7, 11) is 0. The third kappa shape index (κ3) is 8.83. The van der Waals surface area contributed by atoms with E-state index in [0.717, 1.165) is 6.42 Å². The molecule has 100 valence electrons. The van der Waals surface area contributed by atoms with Crippen LogP contribution >= 0.6 is 17.0 Å². The zero-order chi connectivity index (χ0) is 13.3. The topological polar surface area (TPSA) is 33.6 Å². The summed E-state index contributed by atoms with van der Waals surface area (Å²) >= 11 is 7.31. The summed E-state index contributed by atoms with van der Waals surface area (Å²) in [4.78, 5) is 4.07. The first-order valence-corrected chi connectivity index (χ1v) is 10.0. The molecule has 3 nitrogen and oxygen atoms in total. The van der Waals surface area contributed by atoms with Crippen molar-refractivity contribution in [2.24, 2.45) is 4.99 Å². The van der Waals surface area contributed by atoms with E-state index >= 15 is 0 Å². The van der Waals surface area contributed by atoms with E-state index in [4.69, 9.17) is 16.3 Å². The Balaban J connectivity index is 4.55. The van der Waals surface area contributed by atoms with Crippen LogP contribution in [0.4, 0.5) is 0 Å². The minimum Gasteiger partial charge on any atom is -0.324 e. The van der Waals surface area contributed by atoms with E-state index in [2.05, 4.69) is 23.9 Å². The Hall–Kier alpha value is 0.170. The van der Waals surface area contributed by atoms with Gasteiger partial charge in [-0.25, -0.2) is 4.99 Å². The number of nitrogens with zero attached hydrogens (tertiary/aromatic N) is 1. The Morgan fingerprint density at radius 2 is 2.12 bits per heavy atom. The monoisotopic (exact) mass is 294 g/mol. The summed E-state index contributed by atoms with van der Waals surface area (Å²) in [5, 5.41) is 3.64. The molecule has 1 N–H and O–H groups in total. The normalized spacial score (nSPS) is 17.8. The fourth-order valence-electron chi connectivity index (χ4n) is 0.908. The van der Waals surface area contributed by atoms with Gasteiger partial charge in [0.2, 0.25) is 5.62 Å². The average molecular weight is 294 g/mol. The smallest absolute Gasteiger partial charge is 0.211 e. The molecule has 0 spiro atoms. The van der Waals surface area contributed by atoms with E-state index in [0.29, 0.717) is 5.25 Å². The van der Waals surface area contributed by atoms with Crippen molar-refractivity contribution in [1.29, 1.82) is 0 Å². The minimum absolute atomic E-state index is 0.125. The summed E-state index contributed by atoms with van der Waals surface area (Å²) in [6.07, 6.45) is 6.43. The van der Waals surface area contributed by atoms with Crippen LogP contribution in [-0.2, 0) is 16.3 Å². The van der Waals surface area contributed by atoms with Crippen molar-refractivity contribution in [1.82, 2.24) is 5.09 Å². The van der Waals surface area contributed by atoms with Crippen molar-refractivity contribution in [3.05, 3.63) is 12.3 Å². The predicted octanol–water partition coefficient (Wildman–Crippen LogP) is 4.32. The van der Waals surface area contributed by atoms with Crippen molar-refractivity contribution >= 4 is 35.1 Å². The average Bonchev–Trinajstić information content (AvgIpc) is 2.23. The van der Waals surface area contributed by atoms with Crippen molar-refractivity contribution in [2.45, 2.75) is 52.4 Å². The highest BCUT2D eigenvalue weighted by molar-refractivity contribution is 8.69. The standard InChI is InChI=1S/C11H23N2OPS2/c1-6-8-12-9-13-15(16,14-10(3)4)17-11(5)7-2/h6,8-11H,7H2,1-5H3,(H,12,13,16). The number of hydrogen-bond donors (Lipinski definition) is 1. The van der Waals surface area contributed by atoms with Gasteiger partial charge < -0.3 is 9.61 Å². The lowest BCUT2D eigenvalue weighted by Crippen LogP contribution is -2.13. The van der Waals surface area contributed by atoms with E-state index in [1.54, 1.807) is 23.9 Å². The molecule has 0 aromatic heterocycles. The van der Waals surface area contributed by atoms with Crippen LogP contribution in [-0.4, -0.2) is 17.7 Å². The van der Waals surface area contributed by atoms with Gasteiger partial charge in [-0.2, -0.15) is 0 Å². The first-order valence-electron chi connectivity index (χ1n) is 5.81. The van der Waals surface area contributed by atoms with Gasteiger partial charge in [-0.3, -0.25) is 0 Å². The minimum atomic E-state index is -2.07. The molecule has 2 atom stereocenters. The molecule has 6 heteroatoms. The van der Waals surface area contributed by atoms with Gasteiger partial charge >= 0.3 is 0 Å². The lowest BCUT2D eigenvalue weighted by Gasteiger charge is -2.25. The second-order valence-corrected chi connectivity index (χ2v) is 10.8. The summed E-state index contributed by atoms with van der Waals surface area (Å²) in [6.45, 7) is 10.2. The van der Waals surface area contributed by atoms with E-state index < -0.39 is 5.62 Å². The molecule has 0 aliphatic carbocycles. The second kappa shape index (κ2) is 9.15. The largest absolute Gasteiger partial charge is 0.324 e. The SMILES string of the molecule is CC=CN=CNP(=S)(OC(C)C)SC(C)CC.